The Hall–Kier alpha value is -2.48. The Morgan fingerprint density at radius 1 is 1.00 bits per heavy atom. The molecule has 21 heavy (non-hydrogen) atoms. The summed E-state index contributed by atoms with van der Waals surface area (Å²) < 4.78 is 0. The van der Waals surface area contributed by atoms with Crippen LogP contribution in [-0.2, 0) is 12.8 Å². The van der Waals surface area contributed by atoms with E-state index in [9.17, 15) is 5.11 Å². The van der Waals surface area contributed by atoms with Crippen LogP contribution in [-0.4, -0.2) is 5.11 Å². The van der Waals surface area contributed by atoms with E-state index in [1.54, 1.807) is 18.3 Å². The third-order valence-corrected chi connectivity index (χ3v) is 3.46. The smallest absolute Gasteiger partial charge is 0.115 e. The maximum atomic E-state index is 9.26. The molecule has 0 spiro atoms. The quantitative estimate of drug-likeness (QED) is 0.811. The first-order valence-electron chi connectivity index (χ1n) is 7.18. The van der Waals surface area contributed by atoms with Gasteiger partial charge in [-0.15, -0.1) is 0 Å². The van der Waals surface area contributed by atoms with Crippen molar-refractivity contribution in [3.8, 4) is 5.75 Å². The lowest BCUT2D eigenvalue weighted by atomic mass is 10.0. The van der Waals surface area contributed by atoms with E-state index in [1.807, 2.05) is 18.2 Å². The molecule has 2 nitrogen and oxygen atoms in total. The van der Waals surface area contributed by atoms with Gasteiger partial charge in [0.05, 0.1) is 0 Å². The molecular weight excluding hydrogens is 258 g/mol. The van der Waals surface area contributed by atoms with Crippen LogP contribution in [0.3, 0.4) is 0 Å². The summed E-state index contributed by atoms with van der Waals surface area (Å²) >= 11 is 0. The van der Waals surface area contributed by atoms with Crippen molar-refractivity contribution in [3.63, 3.8) is 0 Å². The average molecular weight is 279 g/mol. The summed E-state index contributed by atoms with van der Waals surface area (Å²) in [4.78, 5) is 0. The molecule has 0 unspecified atom stereocenters. The zero-order valence-electron chi connectivity index (χ0n) is 12.3. The molecule has 3 N–H and O–H groups in total. The van der Waals surface area contributed by atoms with Crippen molar-refractivity contribution in [1.29, 1.82) is 0 Å². The number of allylic oxidation sites excluding steroid dienone is 3. The maximum Gasteiger partial charge on any atom is 0.115 e. The molecule has 0 aliphatic heterocycles. The summed E-state index contributed by atoms with van der Waals surface area (Å²) in [7, 11) is 0. The first-order valence-corrected chi connectivity index (χ1v) is 7.18. The highest BCUT2D eigenvalue weighted by Crippen LogP contribution is 2.17. The maximum absolute atomic E-state index is 9.26. The van der Waals surface area contributed by atoms with Crippen LogP contribution in [0.4, 0.5) is 0 Å². The summed E-state index contributed by atoms with van der Waals surface area (Å²) in [5.74, 6) is 0.293. The summed E-state index contributed by atoms with van der Waals surface area (Å²) in [5, 5.41) is 9.26. The van der Waals surface area contributed by atoms with Crippen LogP contribution in [0.5, 0.6) is 5.75 Å². The second-order valence-corrected chi connectivity index (χ2v) is 4.95. The normalized spacial score (nSPS) is 12.0. The molecule has 0 saturated carbocycles. The summed E-state index contributed by atoms with van der Waals surface area (Å²) in [6.07, 6.45) is 7.60. The molecule has 2 aromatic carbocycles. The predicted molar refractivity (Wildman–Crippen MR) is 88.9 cm³/mol. The van der Waals surface area contributed by atoms with Gasteiger partial charge in [0.25, 0.3) is 0 Å². The van der Waals surface area contributed by atoms with Crippen molar-refractivity contribution in [1.82, 2.24) is 0 Å². The molecule has 0 amide bonds. The van der Waals surface area contributed by atoms with Crippen LogP contribution in [0.1, 0.15) is 23.6 Å². The minimum absolute atomic E-state index is 0.293. The van der Waals surface area contributed by atoms with E-state index in [1.165, 1.54) is 5.56 Å². The zero-order chi connectivity index (χ0) is 15.1. The van der Waals surface area contributed by atoms with Crippen LogP contribution in [0, 0.1) is 0 Å². The van der Waals surface area contributed by atoms with E-state index < -0.39 is 0 Å². The standard InChI is InChI=1S/C19H21NO/c1-2-15-6-10-17(11-7-15)18(14-20)5-3-4-16-8-12-19(21)13-9-16/h3,5-14,21H,2,4,20H2,1H3/b5-3-,18-14+. The highest BCUT2D eigenvalue weighted by atomic mass is 16.3. The molecule has 0 radical (unpaired) electrons. The topological polar surface area (TPSA) is 46.2 Å². The first kappa shape index (κ1) is 14.9. The van der Waals surface area contributed by atoms with Crippen molar-refractivity contribution in [2.45, 2.75) is 19.8 Å². The summed E-state index contributed by atoms with van der Waals surface area (Å²) in [6, 6.07) is 15.7. The molecule has 0 aliphatic carbocycles. The lowest BCUT2D eigenvalue weighted by molar-refractivity contribution is 0.475. The number of phenols is 1. The van der Waals surface area contributed by atoms with Gasteiger partial charge in [-0.1, -0.05) is 55.5 Å². The van der Waals surface area contributed by atoms with Crippen LogP contribution >= 0.6 is 0 Å². The Morgan fingerprint density at radius 2 is 1.62 bits per heavy atom. The average Bonchev–Trinajstić information content (AvgIpc) is 2.53. The Bertz CT molecular complexity index is 622. The minimum Gasteiger partial charge on any atom is -0.508 e. The number of phenolic OH excluding ortho intramolecular Hbond substituents is 1. The van der Waals surface area contributed by atoms with Gasteiger partial charge >= 0.3 is 0 Å². The van der Waals surface area contributed by atoms with E-state index >= 15 is 0 Å². The Morgan fingerprint density at radius 3 is 2.19 bits per heavy atom. The fourth-order valence-electron chi connectivity index (χ4n) is 2.13. The summed E-state index contributed by atoms with van der Waals surface area (Å²) in [6.45, 7) is 2.15. The number of aromatic hydroxyl groups is 1. The van der Waals surface area contributed by atoms with Gasteiger partial charge in [0.15, 0.2) is 0 Å². The molecule has 2 heteroatoms. The van der Waals surface area contributed by atoms with E-state index in [4.69, 9.17) is 5.73 Å². The Labute approximate surface area is 126 Å². The second kappa shape index (κ2) is 7.34. The number of benzene rings is 2. The van der Waals surface area contributed by atoms with Crippen molar-refractivity contribution < 1.29 is 5.11 Å². The number of hydrogen-bond acceptors (Lipinski definition) is 2. The highest BCUT2D eigenvalue weighted by molar-refractivity contribution is 5.73. The van der Waals surface area contributed by atoms with Crippen LogP contribution < -0.4 is 5.73 Å². The van der Waals surface area contributed by atoms with E-state index in [0.29, 0.717) is 5.75 Å². The highest BCUT2D eigenvalue weighted by Gasteiger charge is 1.98. The van der Waals surface area contributed by atoms with Crippen molar-refractivity contribution in [3.05, 3.63) is 83.6 Å². The lowest BCUT2D eigenvalue weighted by Crippen LogP contribution is -1.89. The molecule has 0 bridgehead atoms. The lowest BCUT2D eigenvalue weighted by Gasteiger charge is -2.04. The predicted octanol–water partition coefficient (Wildman–Crippen LogP) is 4.05. The SMILES string of the molecule is CCc1ccc(C(/C=C\Cc2ccc(O)cc2)=C/N)cc1. The van der Waals surface area contributed by atoms with E-state index in [2.05, 4.69) is 37.3 Å². The first-order chi connectivity index (χ1) is 10.2. The van der Waals surface area contributed by atoms with E-state index in [-0.39, 0.29) is 0 Å². The molecule has 0 fully saturated rings. The van der Waals surface area contributed by atoms with Crippen molar-refractivity contribution >= 4 is 5.57 Å². The Balaban J connectivity index is 2.04. The summed E-state index contributed by atoms with van der Waals surface area (Å²) in [5.41, 5.74) is 10.3. The van der Waals surface area contributed by atoms with Gasteiger partial charge in [0.1, 0.15) is 5.75 Å². The molecule has 0 aromatic heterocycles. The number of rotatable bonds is 5. The molecule has 108 valence electrons. The zero-order valence-corrected chi connectivity index (χ0v) is 12.3. The third kappa shape index (κ3) is 4.25. The second-order valence-electron chi connectivity index (χ2n) is 4.95. The molecule has 2 aromatic rings. The van der Waals surface area contributed by atoms with Crippen molar-refractivity contribution in [2.24, 2.45) is 5.73 Å². The molecule has 0 atom stereocenters. The van der Waals surface area contributed by atoms with Gasteiger partial charge in [-0.2, -0.15) is 0 Å². The van der Waals surface area contributed by atoms with Gasteiger partial charge in [-0.3, -0.25) is 0 Å². The number of hydrogen-bond donors (Lipinski definition) is 2. The largest absolute Gasteiger partial charge is 0.508 e. The van der Waals surface area contributed by atoms with Crippen molar-refractivity contribution in [2.75, 3.05) is 0 Å². The van der Waals surface area contributed by atoms with E-state index in [0.717, 1.165) is 29.5 Å². The van der Waals surface area contributed by atoms with Crippen LogP contribution in [0.2, 0.25) is 0 Å². The van der Waals surface area contributed by atoms with Gasteiger partial charge in [0, 0.05) is 6.20 Å². The van der Waals surface area contributed by atoms with Crippen LogP contribution in [0.25, 0.3) is 5.57 Å². The fourth-order valence-corrected chi connectivity index (χ4v) is 2.13. The molecule has 0 saturated heterocycles. The van der Waals surface area contributed by atoms with Gasteiger partial charge in [0.2, 0.25) is 0 Å². The molecule has 2 rings (SSSR count). The fraction of sp³-hybridized carbons (Fsp3) is 0.158. The monoisotopic (exact) mass is 279 g/mol. The minimum atomic E-state index is 0.293. The van der Waals surface area contributed by atoms with Gasteiger partial charge < -0.3 is 10.8 Å². The molecule has 0 heterocycles. The number of nitrogens with two attached hydrogens (primary N) is 1. The molecule has 0 aliphatic rings. The molecular formula is C19H21NO. The number of aryl methyl sites for hydroxylation is 1. The van der Waals surface area contributed by atoms with Gasteiger partial charge in [-0.05, 0) is 47.2 Å². The van der Waals surface area contributed by atoms with Gasteiger partial charge in [-0.25, -0.2) is 0 Å². The van der Waals surface area contributed by atoms with Crippen LogP contribution in [0.15, 0.2) is 66.9 Å². The Kier molecular flexibility index (Phi) is 5.22. The third-order valence-electron chi connectivity index (χ3n) is 3.46.